The number of nitrogens with one attached hydrogen (secondary N) is 1. The zero-order valence-electron chi connectivity index (χ0n) is 14.9. The van der Waals surface area contributed by atoms with E-state index in [1.54, 1.807) is 6.20 Å². The first-order valence-electron chi connectivity index (χ1n) is 8.98. The Morgan fingerprint density at radius 2 is 1.96 bits per heavy atom. The summed E-state index contributed by atoms with van der Waals surface area (Å²) in [6.07, 6.45) is 8.16. The van der Waals surface area contributed by atoms with Crippen LogP contribution in [-0.2, 0) is 20.2 Å². The SMILES string of the molecule is CC(C)(C)c1nn(C2CCCC2)cc1S(=O)(=O)NCC1CCCO1. The fourth-order valence-electron chi connectivity index (χ4n) is 3.53. The van der Waals surface area contributed by atoms with E-state index in [0.717, 1.165) is 32.3 Å². The summed E-state index contributed by atoms with van der Waals surface area (Å²) in [6, 6.07) is 0.327. The summed E-state index contributed by atoms with van der Waals surface area (Å²) >= 11 is 0. The van der Waals surface area contributed by atoms with Crippen molar-refractivity contribution < 1.29 is 13.2 Å². The quantitative estimate of drug-likeness (QED) is 0.881. The number of sulfonamides is 1. The predicted octanol–water partition coefficient (Wildman–Crippen LogP) is 2.75. The Hall–Kier alpha value is -0.920. The molecule has 2 fully saturated rings. The molecule has 7 heteroatoms. The van der Waals surface area contributed by atoms with Crippen molar-refractivity contribution in [1.29, 1.82) is 0 Å². The van der Waals surface area contributed by atoms with Crippen LogP contribution in [0.1, 0.15) is 71.0 Å². The van der Waals surface area contributed by atoms with Crippen molar-refractivity contribution in [2.24, 2.45) is 0 Å². The van der Waals surface area contributed by atoms with E-state index in [1.807, 2.05) is 25.5 Å². The van der Waals surface area contributed by atoms with Gasteiger partial charge in [0.15, 0.2) is 0 Å². The molecule has 2 aliphatic rings. The fourth-order valence-corrected chi connectivity index (χ4v) is 4.94. The van der Waals surface area contributed by atoms with Crippen molar-refractivity contribution in [3.8, 4) is 0 Å². The number of ether oxygens (including phenoxy) is 1. The van der Waals surface area contributed by atoms with Gasteiger partial charge in [0.2, 0.25) is 10.0 Å². The summed E-state index contributed by atoms with van der Waals surface area (Å²) in [5.41, 5.74) is 0.326. The second kappa shape index (κ2) is 6.77. The molecule has 3 rings (SSSR count). The van der Waals surface area contributed by atoms with Gasteiger partial charge in [0, 0.05) is 24.8 Å². The molecule has 0 amide bonds. The van der Waals surface area contributed by atoms with Gasteiger partial charge in [-0.1, -0.05) is 33.6 Å². The summed E-state index contributed by atoms with van der Waals surface area (Å²) in [4.78, 5) is 0.319. The molecule has 1 saturated heterocycles. The Balaban J connectivity index is 1.86. The van der Waals surface area contributed by atoms with E-state index < -0.39 is 10.0 Å². The Bertz CT molecular complexity index is 664. The molecule has 2 heterocycles. The largest absolute Gasteiger partial charge is 0.377 e. The maximum Gasteiger partial charge on any atom is 0.244 e. The molecule has 1 aromatic heterocycles. The molecule has 1 aliphatic carbocycles. The third kappa shape index (κ3) is 3.83. The van der Waals surface area contributed by atoms with Crippen molar-refractivity contribution >= 4 is 10.0 Å². The summed E-state index contributed by atoms with van der Waals surface area (Å²) in [5.74, 6) is 0. The minimum Gasteiger partial charge on any atom is -0.377 e. The first kappa shape index (κ1) is 17.9. The monoisotopic (exact) mass is 355 g/mol. The van der Waals surface area contributed by atoms with Crippen molar-refractivity contribution in [2.75, 3.05) is 13.2 Å². The minimum absolute atomic E-state index is 0.0114. The first-order chi connectivity index (χ1) is 11.3. The summed E-state index contributed by atoms with van der Waals surface area (Å²) in [7, 11) is -3.58. The molecule has 1 aliphatic heterocycles. The molecule has 0 spiro atoms. The molecule has 24 heavy (non-hydrogen) atoms. The second-order valence-electron chi connectivity index (χ2n) is 8.00. The molecule has 1 saturated carbocycles. The predicted molar refractivity (Wildman–Crippen MR) is 92.6 cm³/mol. The van der Waals surface area contributed by atoms with Crippen molar-refractivity contribution in [3.63, 3.8) is 0 Å². The van der Waals surface area contributed by atoms with Crippen LogP contribution in [0.5, 0.6) is 0 Å². The number of rotatable bonds is 5. The Kier molecular flexibility index (Phi) is 5.04. The number of aromatic nitrogens is 2. The highest BCUT2D eigenvalue weighted by molar-refractivity contribution is 7.89. The molecule has 6 nitrogen and oxygen atoms in total. The van der Waals surface area contributed by atoms with Crippen LogP contribution in [0, 0.1) is 0 Å². The van der Waals surface area contributed by atoms with Gasteiger partial charge in [0.05, 0.1) is 17.8 Å². The molecule has 136 valence electrons. The normalized spacial score (nSPS) is 23.2. The molecule has 1 aromatic rings. The fraction of sp³-hybridized carbons (Fsp3) is 0.824. The second-order valence-corrected chi connectivity index (χ2v) is 9.73. The third-order valence-electron chi connectivity index (χ3n) is 4.92. The lowest BCUT2D eigenvalue weighted by molar-refractivity contribution is 0.114. The highest BCUT2D eigenvalue weighted by atomic mass is 32.2. The summed E-state index contributed by atoms with van der Waals surface area (Å²) in [6.45, 7) is 7.08. The van der Waals surface area contributed by atoms with E-state index in [2.05, 4.69) is 9.82 Å². The Morgan fingerprint density at radius 1 is 1.25 bits per heavy atom. The van der Waals surface area contributed by atoms with Crippen LogP contribution < -0.4 is 4.72 Å². The van der Waals surface area contributed by atoms with Gasteiger partial charge < -0.3 is 4.74 Å². The zero-order valence-corrected chi connectivity index (χ0v) is 15.7. The van der Waals surface area contributed by atoms with E-state index in [9.17, 15) is 8.42 Å². The van der Waals surface area contributed by atoms with Crippen LogP contribution in [-0.4, -0.2) is 37.5 Å². The van der Waals surface area contributed by atoms with Crippen LogP contribution in [0.3, 0.4) is 0 Å². The Morgan fingerprint density at radius 3 is 2.54 bits per heavy atom. The molecule has 0 aromatic carbocycles. The van der Waals surface area contributed by atoms with Gasteiger partial charge in [0.1, 0.15) is 4.90 Å². The van der Waals surface area contributed by atoms with Gasteiger partial charge in [-0.05, 0) is 25.7 Å². The van der Waals surface area contributed by atoms with Gasteiger partial charge in [-0.2, -0.15) is 5.10 Å². The standard InChI is InChI=1S/C17H29N3O3S/c1-17(2,3)16-15(12-20(19-16)13-7-4-5-8-13)24(21,22)18-11-14-9-6-10-23-14/h12-14,18H,4-11H2,1-3H3. The molecule has 1 unspecified atom stereocenters. The van der Waals surface area contributed by atoms with Gasteiger partial charge >= 0.3 is 0 Å². The minimum atomic E-state index is -3.58. The van der Waals surface area contributed by atoms with E-state index in [4.69, 9.17) is 4.74 Å². The topological polar surface area (TPSA) is 73.2 Å². The number of hydrogen-bond acceptors (Lipinski definition) is 4. The highest BCUT2D eigenvalue weighted by Gasteiger charge is 2.32. The lowest BCUT2D eigenvalue weighted by Crippen LogP contribution is -2.33. The van der Waals surface area contributed by atoms with E-state index in [1.165, 1.54) is 12.8 Å². The maximum absolute atomic E-state index is 12.9. The number of nitrogens with zero attached hydrogens (tertiary/aromatic N) is 2. The van der Waals surface area contributed by atoms with Crippen molar-refractivity contribution in [1.82, 2.24) is 14.5 Å². The molecular weight excluding hydrogens is 326 g/mol. The maximum atomic E-state index is 12.9. The van der Waals surface area contributed by atoms with Crippen LogP contribution >= 0.6 is 0 Å². The molecule has 1 N–H and O–H groups in total. The van der Waals surface area contributed by atoms with Gasteiger partial charge in [-0.25, -0.2) is 13.1 Å². The van der Waals surface area contributed by atoms with Crippen molar-refractivity contribution in [2.45, 2.75) is 81.8 Å². The average molecular weight is 356 g/mol. The average Bonchev–Trinajstić information content (AvgIpc) is 3.23. The molecule has 0 bridgehead atoms. The van der Waals surface area contributed by atoms with Crippen LogP contribution in [0.25, 0.3) is 0 Å². The van der Waals surface area contributed by atoms with Crippen LogP contribution in [0.4, 0.5) is 0 Å². The summed E-state index contributed by atoms with van der Waals surface area (Å²) in [5, 5.41) is 4.68. The zero-order chi connectivity index (χ0) is 17.4. The van der Waals surface area contributed by atoms with E-state index in [0.29, 0.717) is 23.2 Å². The van der Waals surface area contributed by atoms with Crippen LogP contribution in [0.15, 0.2) is 11.1 Å². The smallest absolute Gasteiger partial charge is 0.244 e. The number of hydrogen-bond donors (Lipinski definition) is 1. The van der Waals surface area contributed by atoms with E-state index in [-0.39, 0.29) is 11.5 Å². The van der Waals surface area contributed by atoms with Gasteiger partial charge in [-0.3, -0.25) is 4.68 Å². The molecular formula is C17H29N3O3S. The Labute approximate surface area is 145 Å². The van der Waals surface area contributed by atoms with Crippen molar-refractivity contribution in [3.05, 3.63) is 11.9 Å². The van der Waals surface area contributed by atoms with Crippen LogP contribution in [0.2, 0.25) is 0 Å². The first-order valence-corrected chi connectivity index (χ1v) is 10.5. The van der Waals surface area contributed by atoms with Gasteiger partial charge in [-0.15, -0.1) is 0 Å². The highest BCUT2D eigenvalue weighted by Crippen LogP contribution is 2.33. The summed E-state index contributed by atoms with van der Waals surface area (Å²) < 4.78 is 35.9. The molecule has 0 radical (unpaired) electrons. The lowest BCUT2D eigenvalue weighted by atomic mass is 9.92. The van der Waals surface area contributed by atoms with E-state index >= 15 is 0 Å². The third-order valence-corrected chi connectivity index (χ3v) is 6.35. The van der Waals surface area contributed by atoms with Gasteiger partial charge in [0.25, 0.3) is 0 Å². The molecule has 1 atom stereocenters. The lowest BCUT2D eigenvalue weighted by Gasteiger charge is -2.18.